The Morgan fingerprint density at radius 1 is 1.19 bits per heavy atom. The van der Waals surface area contributed by atoms with Gasteiger partial charge in [0.2, 0.25) is 5.91 Å². The molecule has 3 aliphatic rings. The Bertz CT molecular complexity index is 964. The van der Waals surface area contributed by atoms with Gasteiger partial charge < -0.3 is 9.88 Å². The minimum absolute atomic E-state index is 0.00489. The van der Waals surface area contributed by atoms with Gasteiger partial charge in [-0.15, -0.1) is 11.3 Å². The first-order valence-electron chi connectivity index (χ1n) is 11.8. The lowest BCUT2D eigenvalue weighted by molar-refractivity contribution is -0.133. The van der Waals surface area contributed by atoms with Crippen molar-refractivity contribution in [3.63, 3.8) is 0 Å². The van der Waals surface area contributed by atoms with Crippen molar-refractivity contribution in [3.05, 3.63) is 49.8 Å². The Hall–Kier alpha value is -1.99. The fraction of sp³-hybridized carbons (Fsp3) is 0.625. The third-order valence-corrected chi connectivity index (χ3v) is 8.09. The normalized spacial score (nSPS) is 22.6. The second-order valence-electron chi connectivity index (χ2n) is 9.45. The van der Waals surface area contributed by atoms with Gasteiger partial charge >= 0.3 is 0 Å². The van der Waals surface area contributed by atoms with E-state index in [0.29, 0.717) is 31.3 Å². The van der Waals surface area contributed by atoms with E-state index in [1.807, 2.05) is 4.90 Å². The topological polar surface area (TPSA) is 69.3 Å². The van der Waals surface area contributed by atoms with E-state index in [0.717, 1.165) is 56.0 Å². The minimum atomic E-state index is 0.00489. The highest BCUT2D eigenvalue weighted by atomic mass is 32.1. The monoisotopic (exact) mass is 440 g/mol. The highest BCUT2D eigenvalue weighted by Crippen LogP contribution is 2.30. The maximum absolute atomic E-state index is 12.9. The van der Waals surface area contributed by atoms with Crippen LogP contribution in [0.25, 0.3) is 0 Å². The van der Waals surface area contributed by atoms with Crippen LogP contribution in [-0.2, 0) is 24.3 Å². The quantitative estimate of drug-likeness (QED) is 0.770. The third kappa shape index (κ3) is 4.77. The smallest absolute Gasteiger partial charge is 0.255 e. The van der Waals surface area contributed by atoms with Crippen molar-refractivity contribution < 1.29 is 4.79 Å². The summed E-state index contributed by atoms with van der Waals surface area (Å²) in [7, 11) is 0. The predicted octanol–water partition coefficient (Wildman–Crippen LogP) is 3.68. The summed E-state index contributed by atoms with van der Waals surface area (Å²) >= 11 is 1.76. The summed E-state index contributed by atoms with van der Waals surface area (Å²) in [6.45, 7) is 4.01. The van der Waals surface area contributed by atoms with Crippen molar-refractivity contribution in [3.8, 4) is 0 Å². The number of hydrogen-bond acceptors (Lipinski definition) is 5. The van der Waals surface area contributed by atoms with Crippen molar-refractivity contribution in [1.82, 2.24) is 19.8 Å². The molecule has 7 heteroatoms. The molecule has 0 spiro atoms. The molecule has 2 fully saturated rings. The number of amides is 1. The maximum Gasteiger partial charge on any atom is 0.255 e. The molecule has 1 aliphatic carbocycles. The number of nitrogens with one attached hydrogen (secondary N) is 1. The lowest BCUT2D eigenvalue weighted by Gasteiger charge is -2.33. The molecule has 2 aliphatic heterocycles. The molecule has 5 rings (SSSR count). The van der Waals surface area contributed by atoms with Gasteiger partial charge in [-0.3, -0.25) is 14.5 Å². The number of rotatable bonds is 5. The Kier molecular flexibility index (Phi) is 6.23. The molecule has 1 N–H and O–H groups in total. The molecular formula is C24H32N4O2S. The van der Waals surface area contributed by atoms with Crippen LogP contribution in [0.1, 0.15) is 72.8 Å². The molecule has 1 saturated carbocycles. The van der Waals surface area contributed by atoms with Crippen LogP contribution in [0.3, 0.4) is 0 Å². The molecule has 0 unspecified atom stereocenters. The molecule has 2 aromatic rings. The fourth-order valence-corrected chi connectivity index (χ4v) is 6.21. The van der Waals surface area contributed by atoms with Gasteiger partial charge in [0.15, 0.2) is 0 Å². The summed E-state index contributed by atoms with van der Waals surface area (Å²) in [6.07, 6.45) is 8.42. The number of aromatic nitrogens is 2. The van der Waals surface area contributed by atoms with Gasteiger partial charge in [-0.05, 0) is 43.0 Å². The van der Waals surface area contributed by atoms with Crippen LogP contribution in [-0.4, -0.2) is 45.3 Å². The minimum Gasteiger partial charge on any atom is -0.342 e. The van der Waals surface area contributed by atoms with Crippen LogP contribution in [0.5, 0.6) is 0 Å². The summed E-state index contributed by atoms with van der Waals surface area (Å²) in [5.41, 5.74) is 1.78. The number of piperidine rings is 1. The van der Waals surface area contributed by atoms with Gasteiger partial charge in [0, 0.05) is 56.4 Å². The first kappa shape index (κ1) is 20.9. The van der Waals surface area contributed by atoms with E-state index in [2.05, 4.69) is 27.4 Å². The summed E-state index contributed by atoms with van der Waals surface area (Å²) in [6, 6.07) is 4.22. The van der Waals surface area contributed by atoms with Crippen LogP contribution < -0.4 is 5.56 Å². The first-order chi connectivity index (χ1) is 15.2. The van der Waals surface area contributed by atoms with Gasteiger partial charge in [0.05, 0.1) is 11.3 Å². The van der Waals surface area contributed by atoms with Crippen molar-refractivity contribution in [2.45, 2.75) is 70.4 Å². The van der Waals surface area contributed by atoms with Gasteiger partial charge in [0.25, 0.3) is 5.56 Å². The summed E-state index contributed by atoms with van der Waals surface area (Å²) in [5.74, 6) is 1.80. The number of hydrogen-bond donors (Lipinski definition) is 1. The number of thiophene rings is 1. The molecule has 1 amide bonds. The molecule has 166 valence electrons. The molecule has 2 aromatic heterocycles. The van der Waals surface area contributed by atoms with Gasteiger partial charge in [-0.1, -0.05) is 18.9 Å². The second kappa shape index (κ2) is 9.25. The van der Waals surface area contributed by atoms with Crippen LogP contribution >= 0.6 is 11.3 Å². The average Bonchev–Trinajstić information content (AvgIpc) is 3.48. The van der Waals surface area contributed by atoms with E-state index < -0.39 is 0 Å². The largest absolute Gasteiger partial charge is 0.342 e. The molecule has 1 saturated heterocycles. The second-order valence-corrected chi connectivity index (χ2v) is 10.5. The number of likely N-dealkylation sites (tertiary alicyclic amines) is 1. The maximum atomic E-state index is 12.9. The SMILES string of the molecule is O=C(CC1CCCC1)N1CCC[C@@H](c2nc3c(c(=O)[nH]2)CN(Cc2cccs2)CC3)C1. The van der Waals surface area contributed by atoms with Crippen LogP contribution in [0, 0.1) is 5.92 Å². The van der Waals surface area contributed by atoms with E-state index in [1.54, 1.807) is 11.3 Å². The Balaban J connectivity index is 1.26. The highest BCUT2D eigenvalue weighted by molar-refractivity contribution is 7.09. The predicted molar refractivity (Wildman–Crippen MR) is 122 cm³/mol. The lowest BCUT2D eigenvalue weighted by atomic mass is 9.95. The van der Waals surface area contributed by atoms with Crippen molar-refractivity contribution in [2.24, 2.45) is 5.92 Å². The van der Waals surface area contributed by atoms with Crippen molar-refractivity contribution in [1.29, 1.82) is 0 Å². The highest BCUT2D eigenvalue weighted by Gasteiger charge is 2.30. The van der Waals surface area contributed by atoms with Gasteiger partial charge in [0.1, 0.15) is 5.82 Å². The zero-order chi connectivity index (χ0) is 21.2. The van der Waals surface area contributed by atoms with Crippen LogP contribution in [0.15, 0.2) is 22.3 Å². The van der Waals surface area contributed by atoms with E-state index in [9.17, 15) is 9.59 Å². The van der Waals surface area contributed by atoms with E-state index in [1.165, 1.54) is 30.6 Å². The molecule has 6 nitrogen and oxygen atoms in total. The van der Waals surface area contributed by atoms with Crippen molar-refractivity contribution >= 4 is 17.2 Å². The molecule has 4 heterocycles. The van der Waals surface area contributed by atoms with Crippen molar-refractivity contribution in [2.75, 3.05) is 19.6 Å². The average molecular weight is 441 g/mol. The van der Waals surface area contributed by atoms with Crippen LogP contribution in [0.4, 0.5) is 0 Å². The first-order valence-corrected chi connectivity index (χ1v) is 12.7. The standard InChI is InChI=1S/C24H32N4O2S/c29-22(13-17-5-1-2-6-17)28-10-3-7-18(14-28)23-25-21-9-11-27(15-19-8-4-12-31-19)16-20(21)24(30)26-23/h4,8,12,17-18H,1-3,5-7,9-11,13-16H2,(H,25,26,30)/t18-/m1/s1. The number of nitrogens with zero attached hydrogens (tertiary/aromatic N) is 3. The molecule has 1 atom stereocenters. The number of carbonyl (C=O) groups is 1. The molecule has 31 heavy (non-hydrogen) atoms. The molecule has 0 radical (unpaired) electrons. The molecule has 0 bridgehead atoms. The van der Waals surface area contributed by atoms with E-state index in [-0.39, 0.29) is 11.5 Å². The molecule has 0 aromatic carbocycles. The zero-order valence-corrected chi connectivity index (χ0v) is 19.0. The zero-order valence-electron chi connectivity index (χ0n) is 18.1. The Morgan fingerprint density at radius 2 is 2.06 bits per heavy atom. The Morgan fingerprint density at radius 3 is 2.87 bits per heavy atom. The lowest BCUT2D eigenvalue weighted by Crippen LogP contribution is -2.41. The summed E-state index contributed by atoms with van der Waals surface area (Å²) < 4.78 is 0. The van der Waals surface area contributed by atoms with E-state index >= 15 is 0 Å². The fourth-order valence-electron chi connectivity index (χ4n) is 5.47. The third-order valence-electron chi connectivity index (χ3n) is 7.22. The number of H-pyrrole nitrogens is 1. The molecular weight excluding hydrogens is 408 g/mol. The van der Waals surface area contributed by atoms with Gasteiger partial charge in [-0.25, -0.2) is 4.98 Å². The summed E-state index contributed by atoms with van der Waals surface area (Å²) in [4.78, 5) is 39.4. The van der Waals surface area contributed by atoms with Crippen LogP contribution in [0.2, 0.25) is 0 Å². The number of carbonyl (C=O) groups excluding carboxylic acids is 1. The number of fused-ring (bicyclic) bond motifs is 1. The van der Waals surface area contributed by atoms with Gasteiger partial charge in [-0.2, -0.15) is 0 Å². The summed E-state index contributed by atoms with van der Waals surface area (Å²) in [5, 5.41) is 2.10. The van der Waals surface area contributed by atoms with E-state index in [4.69, 9.17) is 4.98 Å². The number of aromatic amines is 1. The Labute approximate surface area is 187 Å².